The number of nitrogens with zero attached hydrogens (tertiary/aromatic N) is 2. The zero-order valence-electron chi connectivity index (χ0n) is 15.7. The minimum absolute atomic E-state index is 0. The molecular weight excluding hydrogens is 429 g/mol. The van der Waals surface area contributed by atoms with Crippen molar-refractivity contribution >= 4 is 41.3 Å². The van der Waals surface area contributed by atoms with E-state index in [0.717, 1.165) is 46.9 Å². The minimum atomic E-state index is 0. The van der Waals surface area contributed by atoms with E-state index in [1.54, 1.807) is 18.3 Å². The van der Waals surface area contributed by atoms with Gasteiger partial charge in [-0.2, -0.15) is 0 Å². The average Bonchev–Trinajstić information content (AvgIpc) is 3.18. The summed E-state index contributed by atoms with van der Waals surface area (Å²) < 4.78 is 6.01. The lowest BCUT2D eigenvalue weighted by Gasteiger charge is -2.22. The molecule has 1 saturated heterocycles. The Morgan fingerprint density at radius 3 is 2.62 bits per heavy atom. The molecule has 0 saturated carbocycles. The van der Waals surface area contributed by atoms with Crippen molar-refractivity contribution in [3.63, 3.8) is 0 Å². The van der Waals surface area contributed by atoms with Gasteiger partial charge in [0.25, 0.3) is 0 Å². The van der Waals surface area contributed by atoms with Crippen LogP contribution in [0.5, 0.6) is 5.88 Å². The second kappa shape index (κ2) is 9.68. The molecule has 1 atom stereocenters. The molecular formula is C22H22Cl3N3O. The average molecular weight is 451 g/mol. The summed E-state index contributed by atoms with van der Waals surface area (Å²) in [6.45, 7) is 2.13. The Morgan fingerprint density at radius 2 is 1.86 bits per heavy atom. The van der Waals surface area contributed by atoms with Gasteiger partial charge in [-0.05, 0) is 41.5 Å². The molecule has 0 unspecified atom stereocenters. The molecule has 152 valence electrons. The van der Waals surface area contributed by atoms with Crippen molar-refractivity contribution < 1.29 is 4.74 Å². The predicted molar refractivity (Wildman–Crippen MR) is 123 cm³/mol. The molecule has 0 spiro atoms. The Balaban J connectivity index is 0.00000240. The molecule has 4 nitrogen and oxygen atoms in total. The third-order valence-electron chi connectivity index (χ3n) is 4.97. The lowest BCUT2D eigenvalue weighted by atomic mass is 10.0. The molecule has 2 N–H and O–H groups in total. The van der Waals surface area contributed by atoms with E-state index >= 15 is 0 Å². The molecule has 2 heterocycles. The van der Waals surface area contributed by atoms with E-state index < -0.39 is 0 Å². The Morgan fingerprint density at radius 1 is 1.07 bits per heavy atom. The van der Waals surface area contributed by atoms with Gasteiger partial charge in [0, 0.05) is 42.0 Å². The maximum Gasteiger partial charge on any atom is 0.232 e. The van der Waals surface area contributed by atoms with Crippen LogP contribution < -0.4 is 15.4 Å². The minimum Gasteiger partial charge on any atom is -0.471 e. The van der Waals surface area contributed by atoms with Gasteiger partial charge >= 0.3 is 0 Å². The first kappa shape index (κ1) is 21.7. The Bertz CT molecular complexity index is 983. The first-order valence-electron chi connectivity index (χ1n) is 9.25. The maximum absolute atomic E-state index is 6.36. The number of aromatic nitrogens is 1. The Hall–Kier alpha value is -1.98. The third kappa shape index (κ3) is 4.78. The fourth-order valence-electron chi connectivity index (χ4n) is 3.58. The van der Waals surface area contributed by atoms with Crippen molar-refractivity contribution in [1.29, 1.82) is 0 Å². The molecule has 29 heavy (non-hydrogen) atoms. The molecule has 4 rings (SSSR count). The van der Waals surface area contributed by atoms with E-state index in [1.807, 2.05) is 24.3 Å². The van der Waals surface area contributed by atoms with Crippen molar-refractivity contribution in [2.75, 3.05) is 18.0 Å². The Kier molecular flexibility index (Phi) is 7.25. The van der Waals surface area contributed by atoms with Crippen LogP contribution in [0.1, 0.15) is 12.0 Å². The van der Waals surface area contributed by atoms with Crippen LogP contribution in [0.25, 0.3) is 11.1 Å². The van der Waals surface area contributed by atoms with Gasteiger partial charge in [-0.25, -0.2) is 4.98 Å². The topological polar surface area (TPSA) is 51.4 Å². The second-order valence-corrected chi connectivity index (χ2v) is 7.61. The van der Waals surface area contributed by atoms with Crippen LogP contribution in [0.3, 0.4) is 0 Å². The highest BCUT2D eigenvalue weighted by Crippen LogP contribution is 2.33. The molecule has 3 aromatic rings. The molecule has 0 bridgehead atoms. The summed E-state index contributed by atoms with van der Waals surface area (Å²) in [5.41, 5.74) is 10.4. The second-order valence-electron chi connectivity index (χ2n) is 6.79. The van der Waals surface area contributed by atoms with Crippen LogP contribution in [0.4, 0.5) is 5.69 Å². The number of anilines is 1. The molecule has 7 heteroatoms. The fourth-order valence-corrected chi connectivity index (χ4v) is 3.99. The number of pyridine rings is 1. The molecule has 0 aliphatic carbocycles. The van der Waals surface area contributed by atoms with Crippen molar-refractivity contribution in [1.82, 2.24) is 4.98 Å². The predicted octanol–water partition coefficient (Wildman–Crippen LogP) is 5.59. The number of hydrogen-bond acceptors (Lipinski definition) is 4. The van der Waals surface area contributed by atoms with E-state index in [-0.39, 0.29) is 18.5 Å². The van der Waals surface area contributed by atoms with Gasteiger partial charge in [0.05, 0.1) is 6.54 Å². The molecule has 0 amide bonds. The smallest absolute Gasteiger partial charge is 0.232 e. The van der Waals surface area contributed by atoms with Gasteiger partial charge in [0.2, 0.25) is 5.88 Å². The number of halogens is 3. The fraction of sp³-hybridized carbons (Fsp3) is 0.227. The highest BCUT2D eigenvalue weighted by atomic mass is 35.5. The lowest BCUT2D eigenvalue weighted by molar-refractivity contribution is 0.216. The van der Waals surface area contributed by atoms with Crippen LogP contribution in [0, 0.1) is 0 Å². The molecule has 1 aromatic heterocycles. The van der Waals surface area contributed by atoms with E-state index in [2.05, 4.69) is 28.1 Å². The zero-order chi connectivity index (χ0) is 19.5. The third-order valence-corrected chi connectivity index (χ3v) is 5.59. The number of nitrogens with two attached hydrogens (primary N) is 1. The van der Waals surface area contributed by atoms with Crippen LogP contribution in [0.15, 0.2) is 60.8 Å². The summed E-state index contributed by atoms with van der Waals surface area (Å²) in [7, 11) is 0. The summed E-state index contributed by atoms with van der Waals surface area (Å²) in [5, 5.41) is 1.27. The number of rotatable bonds is 5. The summed E-state index contributed by atoms with van der Waals surface area (Å²) in [5.74, 6) is 0.490. The summed E-state index contributed by atoms with van der Waals surface area (Å²) in [6.07, 6.45) is 2.64. The van der Waals surface area contributed by atoms with E-state index in [1.165, 1.54) is 0 Å². The highest BCUT2D eigenvalue weighted by molar-refractivity contribution is 6.33. The number of benzene rings is 2. The van der Waals surface area contributed by atoms with Crippen molar-refractivity contribution in [3.05, 3.63) is 76.4 Å². The molecule has 1 aliphatic rings. The Labute approximate surface area is 187 Å². The zero-order valence-corrected chi connectivity index (χ0v) is 18.1. The quantitative estimate of drug-likeness (QED) is 0.550. The van der Waals surface area contributed by atoms with Crippen LogP contribution in [-0.2, 0) is 6.54 Å². The molecule has 0 radical (unpaired) electrons. The van der Waals surface area contributed by atoms with Crippen molar-refractivity contribution in [2.24, 2.45) is 5.73 Å². The largest absolute Gasteiger partial charge is 0.471 e. The van der Waals surface area contributed by atoms with E-state index in [9.17, 15) is 0 Å². The highest BCUT2D eigenvalue weighted by Gasteiger charge is 2.26. The number of hydrogen-bond donors (Lipinski definition) is 1. The van der Waals surface area contributed by atoms with Crippen molar-refractivity contribution in [3.8, 4) is 17.0 Å². The standard InChI is InChI=1S/C22H21Cl2N3O.ClH/c23-19-5-2-1-4-18(19)15-7-8-21(16(12-15)13-25)27-11-9-17(14-27)28-22-20(24)6-3-10-26-22;/h1-8,10,12,17H,9,11,13-14,25H2;1H/t17-;/m0./s1. The lowest BCUT2D eigenvalue weighted by Crippen LogP contribution is -2.26. The SMILES string of the molecule is Cl.NCc1cc(-c2ccccc2Cl)ccc1N1CC[C@H](Oc2ncccc2Cl)C1. The van der Waals surface area contributed by atoms with E-state index in [4.69, 9.17) is 33.7 Å². The van der Waals surface area contributed by atoms with Gasteiger partial charge < -0.3 is 15.4 Å². The van der Waals surface area contributed by atoms with Gasteiger partial charge in [-0.3, -0.25) is 0 Å². The summed E-state index contributed by atoms with van der Waals surface area (Å²) >= 11 is 12.5. The van der Waals surface area contributed by atoms with Gasteiger partial charge in [0.1, 0.15) is 11.1 Å². The van der Waals surface area contributed by atoms with Crippen molar-refractivity contribution in [2.45, 2.75) is 19.1 Å². The van der Waals surface area contributed by atoms with Crippen LogP contribution in [-0.4, -0.2) is 24.2 Å². The first-order valence-corrected chi connectivity index (χ1v) is 10.0. The normalized spacial score (nSPS) is 15.8. The van der Waals surface area contributed by atoms with Gasteiger partial charge in [-0.15, -0.1) is 12.4 Å². The summed E-state index contributed by atoms with van der Waals surface area (Å²) in [4.78, 5) is 6.53. The first-order chi connectivity index (χ1) is 13.7. The molecule has 1 fully saturated rings. The monoisotopic (exact) mass is 449 g/mol. The van der Waals surface area contributed by atoms with Gasteiger partial charge in [-0.1, -0.05) is 47.5 Å². The number of ether oxygens (including phenoxy) is 1. The van der Waals surface area contributed by atoms with E-state index in [0.29, 0.717) is 17.4 Å². The molecule has 1 aliphatic heterocycles. The van der Waals surface area contributed by atoms with Crippen LogP contribution in [0.2, 0.25) is 10.0 Å². The van der Waals surface area contributed by atoms with Gasteiger partial charge in [0.15, 0.2) is 0 Å². The maximum atomic E-state index is 6.36. The molecule has 2 aromatic carbocycles. The summed E-state index contributed by atoms with van der Waals surface area (Å²) in [6, 6.07) is 17.8. The van der Waals surface area contributed by atoms with Crippen LogP contribution >= 0.6 is 35.6 Å².